The molecule has 17 heavy (non-hydrogen) atoms. The highest BCUT2D eigenvalue weighted by Crippen LogP contribution is 2.13. The Hall–Kier alpha value is -1.72. The van der Waals surface area contributed by atoms with Crippen LogP contribution in [-0.2, 0) is 6.61 Å². The Labute approximate surface area is 104 Å². The molecule has 0 radical (unpaired) electrons. The smallest absolute Gasteiger partial charge is 0.203 e. The maximum atomic E-state index is 8.90. The molecule has 0 saturated heterocycles. The summed E-state index contributed by atoms with van der Waals surface area (Å²) in [4.78, 5) is 4.23. The average molecular weight is 247 g/mol. The van der Waals surface area contributed by atoms with E-state index >= 15 is 0 Å². The van der Waals surface area contributed by atoms with Crippen LogP contribution in [0.1, 0.15) is 16.8 Å². The van der Waals surface area contributed by atoms with E-state index in [4.69, 9.17) is 5.11 Å². The number of aromatic nitrogens is 1. The lowest BCUT2D eigenvalue weighted by Gasteiger charge is -1.96. The fourth-order valence-corrected chi connectivity index (χ4v) is 1.91. The van der Waals surface area contributed by atoms with Gasteiger partial charge in [0.15, 0.2) is 0 Å². The van der Waals surface area contributed by atoms with E-state index in [1.54, 1.807) is 6.21 Å². The molecule has 0 aliphatic carbocycles. The van der Waals surface area contributed by atoms with Gasteiger partial charge < -0.3 is 5.11 Å². The molecule has 1 aromatic heterocycles. The van der Waals surface area contributed by atoms with Gasteiger partial charge in [0.25, 0.3) is 0 Å². The number of rotatable bonds is 4. The van der Waals surface area contributed by atoms with Crippen LogP contribution in [0.25, 0.3) is 0 Å². The van der Waals surface area contributed by atoms with Gasteiger partial charge in [0.2, 0.25) is 5.13 Å². The standard InChI is InChI=1S/C12H13N3OS/c1-9-8-17-12(14-9)15-13-6-10-2-4-11(7-16)5-3-10/h2-6,8,16H,7H2,1H3,(H,14,15). The molecule has 1 heterocycles. The quantitative estimate of drug-likeness (QED) is 0.644. The van der Waals surface area contributed by atoms with Gasteiger partial charge in [-0.3, -0.25) is 5.43 Å². The molecule has 0 aliphatic rings. The average Bonchev–Trinajstić information content (AvgIpc) is 2.76. The van der Waals surface area contributed by atoms with E-state index in [-0.39, 0.29) is 6.61 Å². The van der Waals surface area contributed by atoms with Crippen molar-refractivity contribution in [3.63, 3.8) is 0 Å². The summed E-state index contributed by atoms with van der Waals surface area (Å²) < 4.78 is 0. The number of aliphatic hydroxyl groups excluding tert-OH is 1. The fourth-order valence-electron chi connectivity index (χ4n) is 1.28. The first-order valence-electron chi connectivity index (χ1n) is 5.19. The Bertz CT molecular complexity index is 505. The minimum Gasteiger partial charge on any atom is -0.392 e. The van der Waals surface area contributed by atoms with Crippen LogP contribution in [0.5, 0.6) is 0 Å². The number of aryl methyl sites for hydroxylation is 1. The van der Waals surface area contributed by atoms with Crippen LogP contribution in [-0.4, -0.2) is 16.3 Å². The topological polar surface area (TPSA) is 57.5 Å². The number of aliphatic hydroxyl groups is 1. The second-order valence-corrected chi connectivity index (χ2v) is 4.42. The SMILES string of the molecule is Cc1csc(NN=Cc2ccc(CO)cc2)n1. The minimum atomic E-state index is 0.0636. The highest BCUT2D eigenvalue weighted by atomic mass is 32.1. The second-order valence-electron chi connectivity index (χ2n) is 3.56. The summed E-state index contributed by atoms with van der Waals surface area (Å²) in [6, 6.07) is 7.55. The van der Waals surface area contributed by atoms with E-state index in [9.17, 15) is 0 Å². The number of nitrogens with one attached hydrogen (secondary N) is 1. The van der Waals surface area contributed by atoms with E-state index in [2.05, 4.69) is 15.5 Å². The molecule has 0 unspecified atom stereocenters. The van der Waals surface area contributed by atoms with Crippen LogP contribution >= 0.6 is 11.3 Å². The number of hydrazone groups is 1. The predicted molar refractivity (Wildman–Crippen MR) is 70.4 cm³/mol. The molecule has 1 aromatic carbocycles. The summed E-state index contributed by atoms with van der Waals surface area (Å²) >= 11 is 1.52. The first kappa shape index (κ1) is 11.8. The Morgan fingerprint density at radius 2 is 2.18 bits per heavy atom. The summed E-state index contributed by atoms with van der Waals surface area (Å²) in [7, 11) is 0. The normalized spacial score (nSPS) is 10.9. The first-order valence-corrected chi connectivity index (χ1v) is 6.07. The lowest BCUT2D eigenvalue weighted by molar-refractivity contribution is 0.282. The van der Waals surface area contributed by atoms with Crippen molar-refractivity contribution in [2.45, 2.75) is 13.5 Å². The number of thiazole rings is 1. The molecule has 2 N–H and O–H groups in total. The number of nitrogens with zero attached hydrogens (tertiary/aromatic N) is 2. The summed E-state index contributed by atoms with van der Waals surface area (Å²) in [5.41, 5.74) is 5.73. The maximum absolute atomic E-state index is 8.90. The van der Waals surface area contributed by atoms with Crippen LogP contribution in [0.4, 0.5) is 5.13 Å². The molecule has 2 aromatic rings. The molecule has 0 fully saturated rings. The molecule has 4 nitrogen and oxygen atoms in total. The monoisotopic (exact) mass is 247 g/mol. The van der Waals surface area contributed by atoms with Crippen molar-refractivity contribution in [3.8, 4) is 0 Å². The van der Waals surface area contributed by atoms with Crippen molar-refractivity contribution in [2.75, 3.05) is 5.43 Å². The van der Waals surface area contributed by atoms with Crippen molar-refractivity contribution in [1.29, 1.82) is 0 Å². The number of hydrogen-bond acceptors (Lipinski definition) is 5. The number of benzene rings is 1. The van der Waals surface area contributed by atoms with Gasteiger partial charge in [0, 0.05) is 5.38 Å². The van der Waals surface area contributed by atoms with E-state index in [0.29, 0.717) is 0 Å². The van der Waals surface area contributed by atoms with Crippen molar-refractivity contribution in [3.05, 3.63) is 46.5 Å². The third-order valence-corrected chi connectivity index (χ3v) is 3.02. The van der Waals surface area contributed by atoms with Crippen molar-refractivity contribution in [1.82, 2.24) is 4.98 Å². The van der Waals surface area contributed by atoms with E-state index < -0.39 is 0 Å². The van der Waals surface area contributed by atoms with Gasteiger partial charge in [-0.2, -0.15) is 5.10 Å². The van der Waals surface area contributed by atoms with Crippen LogP contribution in [0, 0.1) is 6.92 Å². The summed E-state index contributed by atoms with van der Waals surface area (Å²) in [5.74, 6) is 0. The summed E-state index contributed by atoms with van der Waals surface area (Å²) in [5, 5.41) is 15.7. The van der Waals surface area contributed by atoms with Crippen LogP contribution in [0.2, 0.25) is 0 Å². The first-order chi connectivity index (χ1) is 8.28. The van der Waals surface area contributed by atoms with Crippen molar-refractivity contribution < 1.29 is 5.11 Å². The van der Waals surface area contributed by atoms with Crippen LogP contribution in [0.15, 0.2) is 34.7 Å². The van der Waals surface area contributed by atoms with Crippen LogP contribution < -0.4 is 5.43 Å². The molecule has 0 bridgehead atoms. The lowest BCUT2D eigenvalue weighted by atomic mass is 10.2. The Balaban J connectivity index is 1.95. The third kappa shape index (κ3) is 3.37. The fraction of sp³-hybridized carbons (Fsp3) is 0.167. The molecular weight excluding hydrogens is 234 g/mol. The van der Waals surface area contributed by atoms with Gasteiger partial charge in [-0.05, 0) is 18.1 Å². The third-order valence-electron chi connectivity index (χ3n) is 2.16. The van der Waals surface area contributed by atoms with E-state index in [0.717, 1.165) is 22.0 Å². The Morgan fingerprint density at radius 3 is 2.76 bits per heavy atom. The maximum Gasteiger partial charge on any atom is 0.203 e. The van der Waals surface area contributed by atoms with Crippen molar-refractivity contribution in [2.24, 2.45) is 5.10 Å². The molecule has 88 valence electrons. The lowest BCUT2D eigenvalue weighted by Crippen LogP contribution is -1.90. The van der Waals surface area contributed by atoms with E-state index in [1.807, 2.05) is 36.6 Å². The van der Waals surface area contributed by atoms with Crippen LogP contribution in [0.3, 0.4) is 0 Å². The van der Waals surface area contributed by atoms with E-state index in [1.165, 1.54) is 11.3 Å². The van der Waals surface area contributed by atoms with Gasteiger partial charge in [0.1, 0.15) is 0 Å². The van der Waals surface area contributed by atoms with Crippen molar-refractivity contribution >= 4 is 22.7 Å². The Morgan fingerprint density at radius 1 is 1.41 bits per heavy atom. The van der Waals surface area contributed by atoms with Gasteiger partial charge in [0.05, 0.1) is 18.5 Å². The molecule has 2 rings (SSSR count). The zero-order chi connectivity index (χ0) is 12.1. The van der Waals surface area contributed by atoms with Gasteiger partial charge in [-0.15, -0.1) is 11.3 Å². The minimum absolute atomic E-state index is 0.0636. The number of anilines is 1. The van der Waals surface area contributed by atoms with Gasteiger partial charge >= 0.3 is 0 Å². The highest BCUT2D eigenvalue weighted by molar-refractivity contribution is 7.13. The molecule has 0 atom stereocenters. The summed E-state index contributed by atoms with van der Waals surface area (Å²) in [6.45, 7) is 2.01. The molecular formula is C12H13N3OS. The second kappa shape index (κ2) is 5.56. The molecule has 5 heteroatoms. The predicted octanol–water partition coefficient (Wildman–Crippen LogP) is 2.39. The zero-order valence-corrected chi connectivity index (χ0v) is 10.2. The molecule has 0 saturated carbocycles. The zero-order valence-electron chi connectivity index (χ0n) is 9.42. The highest BCUT2D eigenvalue weighted by Gasteiger charge is 1.94. The largest absolute Gasteiger partial charge is 0.392 e. The molecule has 0 amide bonds. The Kier molecular flexibility index (Phi) is 3.85. The molecule has 0 aliphatic heterocycles. The number of hydrogen-bond donors (Lipinski definition) is 2. The molecule has 0 spiro atoms. The van der Waals surface area contributed by atoms with Gasteiger partial charge in [-0.25, -0.2) is 4.98 Å². The van der Waals surface area contributed by atoms with Gasteiger partial charge in [-0.1, -0.05) is 24.3 Å². The summed E-state index contributed by atoms with van der Waals surface area (Å²) in [6.07, 6.45) is 1.72.